The van der Waals surface area contributed by atoms with Crippen LogP contribution in [-0.4, -0.2) is 40.2 Å². The van der Waals surface area contributed by atoms with Crippen LogP contribution < -0.4 is 10.9 Å². The molecule has 0 aliphatic carbocycles. The van der Waals surface area contributed by atoms with E-state index in [0.717, 1.165) is 30.5 Å². The Hall–Kier alpha value is -3.10. The van der Waals surface area contributed by atoms with Crippen LogP contribution in [-0.2, 0) is 0 Å². The molecule has 1 fully saturated rings. The van der Waals surface area contributed by atoms with Gasteiger partial charge in [-0.1, -0.05) is 12.1 Å². The van der Waals surface area contributed by atoms with Crippen molar-refractivity contribution < 1.29 is 13.6 Å². The lowest BCUT2D eigenvalue weighted by Gasteiger charge is -2.18. The summed E-state index contributed by atoms with van der Waals surface area (Å²) in [5.74, 6) is -0.634. The molecule has 168 valence electrons. The maximum Gasteiger partial charge on any atom is 0.257 e. The van der Waals surface area contributed by atoms with Crippen molar-refractivity contribution in [2.75, 3.05) is 13.6 Å². The number of hydrogen-bond acceptors (Lipinski definition) is 4. The summed E-state index contributed by atoms with van der Waals surface area (Å²) in [7, 11) is 1.79. The highest BCUT2D eigenvalue weighted by Gasteiger charge is 2.25. The van der Waals surface area contributed by atoms with E-state index < -0.39 is 0 Å². The van der Waals surface area contributed by atoms with Gasteiger partial charge in [0.1, 0.15) is 11.6 Å². The molecule has 4 rings (SSSR count). The quantitative estimate of drug-likeness (QED) is 0.586. The van der Waals surface area contributed by atoms with E-state index in [4.69, 9.17) is 0 Å². The first kappa shape index (κ1) is 22.1. The lowest BCUT2D eigenvalue weighted by molar-refractivity contribution is 0.0791. The second-order valence-corrected chi connectivity index (χ2v) is 8.23. The molecule has 6 nitrogen and oxygen atoms in total. The van der Waals surface area contributed by atoms with Gasteiger partial charge in [-0.2, -0.15) is 5.10 Å². The zero-order valence-corrected chi connectivity index (χ0v) is 18.2. The fraction of sp³-hybridized carbons (Fsp3) is 0.333. The smallest absolute Gasteiger partial charge is 0.257 e. The molecule has 2 aromatic carbocycles. The SMILES string of the molecule is Cc1c(C(=O)N(C)CCCC2CC(c3ccc(F)cc3)NN2)cnn1-c1ccc(F)cc1. The third-order valence-electron chi connectivity index (χ3n) is 5.96. The molecule has 32 heavy (non-hydrogen) atoms. The van der Waals surface area contributed by atoms with Crippen molar-refractivity contribution >= 4 is 5.91 Å². The topological polar surface area (TPSA) is 62.2 Å². The molecule has 0 radical (unpaired) electrons. The molecular formula is C24H27F2N5O. The fourth-order valence-corrected chi connectivity index (χ4v) is 4.07. The number of carbonyl (C=O) groups excluding carboxylic acids is 1. The van der Waals surface area contributed by atoms with Gasteiger partial charge < -0.3 is 4.90 Å². The lowest BCUT2D eigenvalue weighted by Crippen LogP contribution is -2.32. The molecule has 0 bridgehead atoms. The van der Waals surface area contributed by atoms with Crippen molar-refractivity contribution in [2.24, 2.45) is 0 Å². The molecule has 2 heterocycles. The first-order valence-corrected chi connectivity index (χ1v) is 10.7. The first-order valence-electron chi connectivity index (χ1n) is 10.7. The maximum absolute atomic E-state index is 13.2. The molecular weight excluding hydrogens is 412 g/mol. The Labute approximate surface area is 186 Å². The van der Waals surface area contributed by atoms with Crippen molar-refractivity contribution in [3.63, 3.8) is 0 Å². The monoisotopic (exact) mass is 439 g/mol. The van der Waals surface area contributed by atoms with E-state index in [2.05, 4.69) is 16.0 Å². The number of hydrogen-bond donors (Lipinski definition) is 2. The van der Waals surface area contributed by atoms with Gasteiger partial charge in [-0.15, -0.1) is 0 Å². The van der Waals surface area contributed by atoms with E-state index in [-0.39, 0.29) is 29.6 Å². The van der Waals surface area contributed by atoms with Gasteiger partial charge in [0.25, 0.3) is 5.91 Å². The molecule has 8 heteroatoms. The van der Waals surface area contributed by atoms with Gasteiger partial charge in [0, 0.05) is 25.7 Å². The molecule has 3 aromatic rings. The summed E-state index contributed by atoms with van der Waals surface area (Å²) in [6.45, 7) is 2.46. The fourth-order valence-electron chi connectivity index (χ4n) is 4.07. The van der Waals surface area contributed by atoms with Crippen LogP contribution in [0, 0.1) is 18.6 Å². The third-order valence-corrected chi connectivity index (χ3v) is 5.96. The number of rotatable bonds is 7. The predicted molar refractivity (Wildman–Crippen MR) is 118 cm³/mol. The Morgan fingerprint density at radius 1 is 1.09 bits per heavy atom. The van der Waals surface area contributed by atoms with E-state index in [1.165, 1.54) is 24.3 Å². The van der Waals surface area contributed by atoms with Crippen LogP contribution in [0.1, 0.15) is 46.9 Å². The van der Waals surface area contributed by atoms with E-state index in [1.54, 1.807) is 47.1 Å². The minimum absolute atomic E-state index is 0.0856. The number of aromatic nitrogens is 2. The van der Waals surface area contributed by atoms with E-state index >= 15 is 0 Å². The van der Waals surface area contributed by atoms with Crippen molar-refractivity contribution in [1.29, 1.82) is 0 Å². The number of carbonyl (C=O) groups is 1. The predicted octanol–water partition coefficient (Wildman–Crippen LogP) is 3.92. The summed E-state index contributed by atoms with van der Waals surface area (Å²) in [4.78, 5) is 14.6. The van der Waals surface area contributed by atoms with E-state index in [1.807, 2.05) is 6.92 Å². The highest BCUT2D eigenvalue weighted by molar-refractivity contribution is 5.95. The molecule has 2 unspecified atom stereocenters. The maximum atomic E-state index is 13.2. The number of nitrogens with one attached hydrogen (secondary N) is 2. The van der Waals surface area contributed by atoms with Crippen LogP contribution >= 0.6 is 0 Å². The Kier molecular flexibility index (Phi) is 6.62. The standard InChI is InChI=1S/C24H27F2N5O/c1-16-22(15-27-31(16)21-11-9-19(26)10-12-21)24(32)30(2)13-3-4-20-14-23(29-28-20)17-5-7-18(25)8-6-17/h5-12,15,20,23,28-29H,3-4,13-14H2,1-2H3. The van der Waals surface area contributed by atoms with Crippen LogP contribution in [0.4, 0.5) is 8.78 Å². The molecule has 1 aliphatic rings. The zero-order valence-electron chi connectivity index (χ0n) is 18.2. The number of nitrogens with zero attached hydrogens (tertiary/aromatic N) is 3. The number of benzene rings is 2. The van der Waals surface area contributed by atoms with Gasteiger partial charge in [-0.05, 0) is 68.1 Å². The van der Waals surface area contributed by atoms with Crippen molar-refractivity contribution in [2.45, 2.75) is 38.3 Å². The number of halogens is 2. The summed E-state index contributed by atoms with van der Waals surface area (Å²) >= 11 is 0. The van der Waals surface area contributed by atoms with Crippen molar-refractivity contribution in [3.05, 3.63) is 83.2 Å². The van der Waals surface area contributed by atoms with Gasteiger partial charge in [-0.25, -0.2) is 13.5 Å². The lowest BCUT2D eigenvalue weighted by atomic mass is 9.99. The van der Waals surface area contributed by atoms with Crippen LogP contribution in [0.3, 0.4) is 0 Å². The molecule has 0 saturated carbocycles. The summed E-state index contributed by atoms with van der Waals surface area (Å²) in [5, 5.41) is 4.31. The Balaban J connectivity index is 1.28. The number of amides is 1. The largest absolute Gasteiger partial charge is 0.342 e. The summed E-state index contributed by atoms with van der Waals surface area (Å²) in [5.41, 5.74) is 9.60. The molecule has 1 saturated heterocycles. The van der Waals surface area contributed by atoms with Crippen LogP contribution in [0.2, 0.25) is 0 Å². The Bertz CT molecular complexity index is 1060. The highest BCUT2D eigenvalue weighted by atomic mass is 19.1. The summed E-state index contributed by atoms with van der Waals surface area (Å²) < 4.78 is 27.9. The second kappa shape index (κ2) is 9.58. The number of hydrazine groups is 1. The molecule has 1 aromatic heterocycles. The molecule has 1 amide bonds. The minimum atomic E-state index is -0.314. The van der Waals surface area contributed by atoms with Crippen LogP contribution in [0.25, 0.3) is 5.69 Å². The van der Waals surface area contributed by atoms with E-state index in [0.29, 0.717) is 17.8 Å². The van der Waals surface area contributed by atoms with Crippen LogP contribution in [0.15, 0.2) is 54.7 Å². The first-order chi connectivity index (χ1) is 15.4. The van der Waals surface area contributed by atoms with Crippen molar-refractivity contribution in [3.8, 4) is 5.69 Å². The van der Waals surface area contributed by atoms with Gasteiger partial charge in [0.2, 0.25) is 0 Å². The van der Waals surface area contributed by atoms with Gasteiger partial charge in [0.15, 0.2) is 0 Å². The third kappa shape index (κ3) is 4.87. The van der Waals surface area contributed by atoms with Gasteiger partial charge in [-0.3, -0.25) is 15.6 Å². The van der Waals surface area contributed by atoms with Crippen molar-refractivity contribution in [1.82, 2.24) is 25.5 Å². The molecule has 2 atom stereocenters. The molecule has 1 aliphatic heterocycles. The zero-order chi connectivity index (χ0) is 22.7. The summed E-state index contributed by atoms with van der Waals surface area (Å²) in [6.07, 6.45) is 4.24. The summed E-state index contributed by atoms with van der Waals surface area (Å²) in [6, 6.07) is 13.0. The molecule has 0 spiro atoms. The normalized spacial score (nSPS) is 18.1. The van der Waals surface area contributed by atoms with Crippen LogP contribution in [0.5, 0.6) is 0 Å². The van der Waals surface area contributed by atoms with Gasteiger partial charge in [0.05, 0.1) is 23.1 Å². The van der Waals surface area contributed by atoms with Gasteiger partial charge >= 0.3 is 0 Å². The highest BCUT2D eigenvalue weighted by Crippen LogP contribution is 2.24. The minimum Gasteiger partial charge on any atom is -0.342 e. The van der Waals surface area contributed by atoms with E-state index in [9.17, 15) is 13.6 Å². The average Bonchev–Trinajstić information content (AvgIpc) is 3.41. The molecule has 2 N–H and O–H groups in total. The second-order valence-electron chi connectivity index (χ2n) is 8.23. The Morgan fingerprint density at radius 2 is 1.75 bits per heavy atom. The average molecular weight is 440 g/mol. The Morgan fingerprint density at radius 3 is 2.44 bits per heavy atom.